The molecule has 0 aliphatic carbocycles. The molecule has 7 nitrogen and oxygen atoms in total. The van der Waals surface area contributed by atoms with Gasteiger partial charge in [-0.3, -0.25) is 14.9 Å². The van der Waals surface area contributed by atoms with Crippen molar-refractivity contribution in [1.82, 2.24) is 4.90 Å². The number of carbonyl (C=O) groups is 1. The molecule has 0 N–H and O–H groups in total. The van der Waals surface area contributed by atoms with E-state index >= 15 is 0 Å². The number of nitrogens with zero attached hydrogens (tertiary/aromatic N) is 2. The fourth-order valence-corrected chi connectivity index (χ4v) is 3.22. The number of carbonyl (C=O) groups excluding carboxylic acids is 1. The van der Waals surface area contributed by atoms with E-state index < -0.39 is 4.92 Å². The van der Waals surface area contributed by atoms with Gasteiger partial charge in [0.25, 0.3) is 5.69 Å². The van der Waals surface area contributed by atoms with Crippen LogP contribution in [0.1, 0.15) is 30.5 Å². The van der Waals surface area contributed by atoms with Crippen LogP contribution in [0.4, 0.5) is 5.69 Å². The topological polar surface area (TPSA) is 81.9 Å². The highest BCUT2D eigenvalue weighted by Gasteiger charge is 2.18. The largest absolute Gasteiger partial charge is 0.489 e. The lowest BCUT2D eigenvalue weighted by Crippen LogP contribution is -2.28. The first-order valence-corrected chi connectivity index (χ1v) is 9.53. The highest BCUT2D eigenvalue weighted by Crippen LogP contribution is 2.38. The third kappa shape index (κ3) is 4.86. The van der Waals surface area contributed by atoms with Crippen LogP contribution in [-0.4, -0.2) is 36.0 Å². The molecule has 0 unspecified atom stereocenters. The summed E-state index contributed by atoms with van der Waals surface area (Å²) in [6.45, 7) is 2.90. The first kappa shape index (κ1) is 20.7. The van der Waals surface area contributed by atoms with Gasteiger partial charge in [0, 0.05) is 31.7 Å². The standard InChI is InChI=1S/C21H21ClN2O5/c1-14(16-5-3-6-17(13-16)24(26)27)23(2)20(25)8-7-15-11-18(22)21-19(12-15)28-9-4-10-29-21/h3,5-8,11-14H,4,9-10H2,1-2H3/b8-7+/t14-/m0/s1. The second kappa shape index (κ2) is 8.96. The van der Waals surface area contributed by atoms with E-state index in [4.69, 9.17) is 21.1 Å². The highest BCUT2D eigenvalue weighted by atomic mass is 35.5. The van der Waals surface area contributed by atoms with Crippen LogP contribution in [-0.2, 0) is 4.79 Å². The summed E-state index contributed by atoms with van der Waals surface area (Å²) in [6, 6.07) is 9.42. The molecule has 0 radical (unpaired) electrons. The molecule has 152 valence electrons. The summed E-state index contributed by atoms with van der Waals surface area (Å²) in [5.41, 5.74) is 1.39. The van der Waals surface area contributed by atoms with E-state index in [1.54, 1.807) is 37.4 Å². The molecule has 8 heteroatoms. The van der Waals surface area contributed by atoms with Crippen LogP contribution in [0.25, 0.3) is 6.08 Å². The van der Waals surface area contributed by atoms with Crippen molar-refractivity contribution in [3.8, 4) is 11.5 Å². The van der Waals surface area contributed by atoms with Crippen LogP contribution in [0.15, 0.2) is 42.5 Å². The monoisotopic (exact) mass is 416 g/mol. The summed E-state index contributed by atoms with van der Waals surface area (Å²) < 4.78 is 11.3. The maximum Gasteiger partial charge on any atom is 0.269 e. The van der Waals surface area contributed by atoms with Crippen LogP contribution in [0, 0.1) is 10.1 Å². The van der Waals surface area contributed by atoms with Gasteiger partial charge in [0.2, 0.25) is 5.91 Å². The maximum atomic E-state index is 12.6. The van der Waals surface area contributed by atoms with Crippen molar-refractivity contribution < 1.29 is 19.2 Å². The molecule has 0 aromatic heterocycles. The fraction of sp³-hybridized carbons (Fsp3) is 0.286. The minimum absolute atomic E-state index is 0.00687. The number of non-ortho nitro benzene ring substituents is 1. The maximum absolute atomic E-state index is 12.6. The lowest BCUT2D eigenvalue weighted by molar-refractivity contribution is -0.384. The zero-order valence-corrected chi connectivity index (χ0v) is 16.9. The van der Waals surface area contributed by atoms with Crippen molar-refractivity contribution in [3.63, 3.8) is 0 Å². The average molecular weight is 417 g/mol. The number of hydrogen-bond donors (Lipinski definition) is 0. The van der Waals surface area contributed by atoms with Crippen LogP contribution in [0.2, 0.25) is 5.02 Å². The van der Waals surface area contributed by atoms with Gasteiger partial charge in [0.05, 0.1) is 29.2 Å². The first-order valence-electron chi connectivity index (χ1n) is 9.15. The van der Waals surface area contributed by atoms with Crippen LogP contribution < -0.4 is 9.47 Å². The number of hydrogen-bond acceptors (Lipinski definition) is 5. The van der Waals surface area contributed by atoms with Gasteiger partial charge in [0.15, 0.2) is 11.5 Å². The van der Waals surface area contributed by atoms with Gasteiger partial charge < -0.3 is 14.4 Å². The van der Waals surface area contributed by atoms with Gasteiger partial charge in [-0.25, -0.2) is 0 Å². The Kier molecular flexibility index (Phi) is 6.39. The number of rotatable bonds is 5. The molecular weight excluding hydrogens is 396 g/mol. The Morgan fingerprint density at radius 3 is 2.79 bits per heavy atom. The van der Waals surface area contributed by atoms with E-state index in [1.165, 1.54) is 23.1 Å². The predicted molar refractivity (Wildman–Crippen MR) is 110 cm³/mol. The second-order valence-corrected chi connectivity index (χ2v) is 7.10. The van der Waals surface area contributed by atoms with E-state index in [-0.39, 0.29) is 17.6 Å². The minimum atomic E-state index is -0.453. The highest BCUT2D eigenvalue weighted by molar-refractivity contribution is 6.32. The molecule has 1 atom stereocenters. The molecular formula is C21H21ClN2O5. The van der Waals surface area contributed by atoms with Crippen molar-refractivity contribution in [2.24, 2.45) is 0 Å². The number of nitro groups is 1. The number of benzene rings is 2. The molecule has 0 saturated carbocycles. The average Bonchev–Trinajstić information content (AvgIpc) is 2.97. The Morgan fingerprint density at radius 2 is 2.03 bits per heavy atom. The van der Waals surface area contributed by atoms with E-state index in [0.29, 0.717) is 40.9 Å². The SMILES string of the molecule is C[C@@H](c1cccc([N+](=O)[O-])c1)N(C)C(=O)/C=C/c1cc(Cl)c2c(c1)OCCCO2. The van der Waals surface area contributed by atoms with Gasteiger partial charge in [-0.05, 0) is 36.3 Å². The summed E-state index contributed by atoms with van der Waals surface area (Å²) in [4.78, 5) is 24.6. The summed E-state index contributed by atoms with van der Waals surface area (Å²) in [7, 11) is 1.65. The molecule has 0 bridgehead atoms. The number of likely N-dealkylation sites (N-methyl/N-ethyl adjacent to an activating group) is 1. The number of amides is 1. The summed E-state index contributed by atoms with van der Waals surface area (Å²) in [6.07, 6.45) is 3.86. The fourth-order valence-electron chi connectivity index (χ4n) is 2.94. The molecule has 2 aromatic carbocycles. The predicted octanol–water partition coefficient (Wildman–Crippen LogP) is 4.64. The number of ether oxygens (including phenoxy) is 2. The molecule has 0 saturated heterocycles. The van der Waals surface area contributed by atoms with E-state index in [9.17, 15) is 14.9 Å². The van der Waals surface area contributed by atoms with Gasteiger partial charge >= 0.3 is 0 Å². The van der Waals surface area contributed by atoms with Crippen LogP contribution in [0.3, 0.4) is 0 Å². The molecule has 29 heavy (non-hydrogen) atoms. The van der Waals surface area contributed by atoms with Gasteiger partial charge in [0.1, 0.15) is 0 Å². The molecule has 2 aromatic rings. The lowest BCUT2D eigenvalue weighted by atomic mass is 10.1. The zero-order valence-electron chi connectivity index (χ0n) is 16.1. The van der Waals surface area contributed by atoms with Gasteiger partial charge in [-0.2, -0.15) is 0 Å². The Labute approximate surface area is 173 Å². The Hall–Kier alpha value is -3.06. The molecule has 1 aliphatic heterocycles. The van der Waals surface area contributed by atoms with E-state index in [2.05, 4.69) is 0 Å². The minimum Gasteiger partial charge on any atom is -0.489 e. The Balaban J connectivity index is 1.75. The van der Waals surface area contributed by atoms with E-state index in [1.807, 2.05) is 6.92 Å². The van der Waals surface area contributed by atoms with Crippen LogP contribution in [0.5, 0.6) is 11.5 Å². The molecule has 0 spiro atoms. The quantitative estimate of drug-likeness (QED) is 0.402. The third-order valence-electron chi connectivity index (χ3n) is 4.73. The molecule has 1 amide bonds. The van der Waals surface area contributed by atoms with Crippen molar-refractivity contribution in [3.05, 3.63) is 68.7 Å². The van der Waals surface area contributed by atoms with Crippen LogP contribution >= 0.6 is 11.6 Å². The normalized spacial score (nSPS) is 14.3. The molecule has 1 heterocycles. The first-order chi connectivity index (χ1) is 13.9. The lowest BCUT2D eigenvalue weighted by Gasteiger charge is -2.24. The van der Waals surface area contributed by atoms with Crippen molar-refractivity contribution >= 4 is 29.3 Å². The molecule has 1 aliphatic rings. The Bertz CT molecular complexity index is 960. The zero-order chi connectivity index (χ0) is 21.0. The molecule has 0 fully saturated rings. The summed E-state index contributed by atoms with van der Waals surface area (Å²) in [5, 5.41) is 11.4. The smallest absolute Gasteiger partial charge is 0.269 e. The number of fused-ring (bicyclic) bond motifs is 1. The third-order valence-corrected chi connectivity index (χ3v) is 5.02. The van der Waals surface area contributed by atoms with Crippen molar-refractivity contribution in [1.29, 1.82) is 0 Å². The van der Waals surface area contributed by atoms with Crippen molar-refractivity contribution in [2.75, 3.05) is 20.3 Å². The number of nitro benzene ring substituents is 1. The van der Waals surface area contributed by atoms with Gasteiger partial charge in [-0.1, -0.05) is 23.7 Å². The Morgan fingerprint density at radius 1 is 1.28 bits per heavy atom. The molecule has 3 rings (SSSR count). The van der Waals surface area contributed by atoms with E-state index in [0.717, 1.165) is 6.42 Å². The summed E-state index contributed by atoms with van der Waals surface area (Å²) >= 11 is 6.28. The van der Waals surface area contributed by atoms with Crippen molar-refractivity contribution in [2.45, 2.75) is 19.4 Å². The van der Waals surface area contributed by atoms with Gasteiger partial charge in [-0.15, -0.1) is 0 Å². The number of halogens is 1. The summed E-state index contributed by atoms with van der Waals surface area (Å²) in [5.74, 6) is 0.830. The second-order valence-electron chi connectivity index (χ2n) is 6.69.